The van der Waals surface area contributed by atoms with Crippen LogP contribution in [0.4, 0.5) is 5.82 Å². The first-order valence-electron chi connectivity index (χ1n) is 6.94. The smallest absolute Gasteiger partial charge is 0.162 e. The molecule has 0 fully saturated rings. The number of thiophene rings is 1. The van der Waals surface area contributed by atoms with Crippen molar-refractivity contribution in [3.8, 4) is 11.4 Å². The summed E-state index contributed by atoms with van der Waals surface area (Å²) in [6, 6.07) is 2.08. The van der Waals surface area contributed by atoms with Crippen molar-refractivity contribution in [1.82, 2.24) is 9.97 Å². The number of hydrogen-bond acceptors (Lipinski definition) is 4. The number of aromatic nitrogens is 2. The van der Waals surface area contributed by atoms with Gasteiger partial charge in [0.2, 0.25) is 0 Å². The van der Waals surface area contributed by atoms with Crippen LogP contribution in [0.2, 0.25) is 0 Å². The molecule has 0 aliphatic rings. The molecule has 0 bridgehead atoms. The van der Waals surface area contributed by atoms with E-state index < -0.39 is 0 Å². The standard InChI is InChI=1S/C15H20IN3S/c1-4-6-17-15-13(16)12(8-10(2)3)18-14(19-15)11-5-7-20-9-11/h5,7,9-10H,4,6,8H2,1-3H3,(H,17,18,19). The fraction of sp³-hybridized carbons (Fsp3) is 0.467. The van der Waals surface area contributed by atoms with Crippen LogP contribution in [0.5, 0.6) is 0 Å². The molecule has 3 nitrogen and oxygen atoms in total. The molecule has 20 heavy (non-hydrogen) atoms. The second-order valence-corrected chi connectivity index (χ2v) is 7.05. The summed E-state index contributed by atoms with van der Waals surface area (Å²) in [6.45, 7) is 7.55. The molecule has 0 aliphatic heterocycles. The van der Waals surface area contributed by atoms with Gasteiger partial charge in [0.05, 0.1) is 9.26 Å². The van der Waals surface area contributed by atoms with Crippen LogP contribution in [0.1, 0.15) is 32.9 Å². The first kappa shape index (κ1) is 15.7. The van der Waals surface area contributed by atoms with E-state index in [1.165, 1.54) is 0 Å². The van der Waals surface area contributed by atoms with Gasteiger partial charge in [0, 0.05) is 17.5 Å². The van der Waals surface area contributed by atoms with Crippen LogP contribution in [0.15, 0.2) is 16.8 Å². The van der Waals surface area contributed by atoms with Crippen LogP contribution in [-0.4, -0.2) is 16.5 Å². The molecule has 108 valence electrons. The minimum atomic E-state index is 0.591. The van der Waals surface area contributed by atoms with Gasteiger partial charge in [-0.05, 0) is 52.8 Å². The average Bonchev–Trinajstić information content (AvgIpc) is 2.93. The zero-order valence-corrected chi connectivity index (χ0v) is 15.1. The van der Waals surface area contributed by atoms with E-state index in [4.69, 9.17) is 9.97 Å². The predicted molar refractivity (Wildman–Crippen MR) is 95.4 cm³/mol. The molecule has 0 radical (unpaired) electrons. The molecule has 5 heteroatoms. The Morgan fingerprint density at radius 2 is 2.15 bits per heavy atom. The molecule has 0 aliphatic carbocycles. The van der Waals surface area contributed by atoms with Gasteiger partial charge in [-0.15, -0.1) is 0 Å². The van der Waals surface area contributed by atoms with Crippen molar-refractivity contribution in [3.63, 3.8) is 0 Å². The van der Waals surface area contributed by atoms with Gasteiger partial charge in [-0.3, -0.25) is 0 Å². The van der Waals surface area contributed by atoms with Gasteiger partial charge >= 0.3 is 0 Å². The normalized spacial score (nSPS) is 11.1. The van der Waals surface area contributed by atoms with Crippen molar-refractivity contribution in [2.24, 2.45) is 5.92 Å². The Morgan fingerprint density at radius 1 is 1.35 bits per heavy atom. The molecule has 2 aromatic heterocycles. The predicted octanol–water partition coefficient (Wildman–Crippen LogP) is 4.83. The highest BCUT2D eigenvalue weighted by Crippen LogP contribution is 2.26. The fourth-order valence-electron chi connectivity index (χ4n) is 1.90. The minimum absolute atomic E-state index is 0.591. The summed E-state index contributed by atoms with van der Waals surface area (Å²) in [5.74, 6) is 2.40. The van der Waals surface area contributed by atoms with E-state index in [2.05, 4.69) is 65.5 Å². The number of hydrogen-bond donors (Lipinski definition) is 1. The van der Waals surface area contributed by atoms with Crippen molar-refractivity contribution in [3.05, 3.63) is 26.1 Å². The third-order valence-corrected chi connectivity index (χ3v) is 4.66. The van der Waals surface area contributed by atoms with E-state index in [1.54, 1.807) is 11.3 Å². The van der Waals surface area contributed by atoms with Crippen molar-refractivity contribution < 1.29 is 0 Å². The van der Waals surface area contributed by atoms with Crippen molar-refractivity contribution in [2.75, 3.05) is 11.9 Å². The molecule has 1 N–H and O–H groups in total. The lowest BCUT2D eigenvalue weighted by Crippen LogP contribution is -2.10. The second kappa shape index (κ2) is 7.36. The lowest BCUT2D eigenvalue weighted by molar-refractivity contribution is 0.632. The van der Waals surface area contributed by atoms with E-state index in [0.29, 0.717) is 5.92 Å². The second-order valence-electron chi connectivity index (χ2n) is 5.19. The lowest BCUT2D eigenvalue weighted by Gasteiger charge is -2.13. The highest BCUT2D eigenvalue weighted by Gasteiger charge is 2.14. The minimum Gasteiger partial charge on any atom is -0.369 e. The van der Waals surface area contributed by atoms with Crippen molar-refractivity contribution in [1.29, 1.82) is 0 Å². The van der Waals surface area contributed by atoms with Gasteiger partial charge in [0.25, 0.3) is 0 Å². The molecular weight excluding hydrogens is 381 g/mol. The molecule has 2 rings (SSSR count). The SMILES string of the molecule is CCCNc1nc(-c2ccsc2)nc(CC(C)C)c1I. The summed E-state index contributed by atoms with van der Waals surface area (Å²) in [5, 5.41) is 7.59. The molecule has 2 aromatic rings. The quantitative estimate of drug-likeness (QED) is 0.705. The van der Waals surface area contributed by atoms with E-state index in [1.807, 2.05) is 0 Å². The fourth-order valence-corrected chi connectivity index (χ4v) is 3.18. The Balaban J connectivity index is 2.42. The first-order chi connectivity index (χ1) is 9.61. The number of anilines is 1. The summed E-state index contributed by atoms with van der Waals surface area (Å²) in [6.07, 6.45) is 2.08. The Kier molecular flexibility index (Phi) is 5.77. The molecular formula is C15H20IN3S. The van der Waals surface area contributed by atoms with E-state index in [0.717, 1.165) is 45.9 Å². The maximum atomic E-state index is 4.77. The molecule has 0 saturated carbocycles. The Bertz CT molecular complexity index is 552. The molecule has 0 atom stereocenters. The molecule has 2 heterocycles. The van der Waals surface area contributed by atoms with Crippen molar-refractivity contribution >= 4 is 39.7 Å². The number of halogens is 1. The Morgan fingerprint density at radius 3 is 2.75 bits per heavy atom. The summed E-state index contributed by atoms with van der Waals surface area (Å²) in [5.41, 5.74) is 2.26. The Hall–Kier alpha value is -0.690. The number of rotatable bonds is 6. The first-order valence-corrected chi connectivity index (χ1v) is 8.96. The van der Waals surface area contributed by atoms with E-state index >= 15 is 0 Å². The molecule has 0 amide bonds. The van der Waals surface area contributed by atoms with Crippen molar-refractivity contribution in [2.45, 2.75) is 33.6 Å². The maximum Gasteiger partial charge on any atom is 0.162 e. The lowest BCUT2D eigenvalue weighted by atomic mass is 10.1. The van der Waals surface area contributed by atoms with Crippen LogP contribution < -0.4 is 5.32 Å². The molecule has 0 unspecified atom stereocenters. The van der Waals surface area contributed by atoms with Gasteiger partial charge in [0.1, 0.15) is 5.82 Å². The molecule has 0 spiro atoms. The summed E-state index contributed by atoms with van der Waals surface area (Å²) in [7, 11) is 0. The average molecular weight is 401 g/mol. The highest BCUT2D eigenvalue weighted by atomic mass is 127. The van der Waals surface area contributed by atoms with Crippen LogP contribution in [0.3, 0.4) is 0 Å². The highest BCUT2D eigenvalue weighted by molar-refractivity contribution is 14.1. The van der Waals surface area contributed by atoms with Gasteiger partial charge in [-0.25, -0.2) is 9.97 Å². The van der Waals surface area contributed by atoms with Gasteiger partial charge < -0.3 is 5.32 Å². The van der Waals surface area contributed by atoms with Crippen LogP contribution in [-0.2, 0) is 6.42 Å². The topological polar surface area (TPSA) is 37.8 Å². The molecule has 0 saturated heterocycles. The third kappa shape index (κ3) is 3.91. The number of nitrogens with zero attached hydrogens (tertiary/aromatic N) is 2. The van der Waals surface area contributed by atoms with Crippen LogP contribution in [0, 0.1) is 9.49 Å². The van der Waals surface area contributed by atoms with Gasteiger partial charge in [0.15, 0.2) is 5.82 Å². The largest absolute Gasteiger partial charge is 0.369 e. The zero-order chi connectivity index (χ0) is 14.5. The van der Waals surface area contributed by atoms with Gasteiger partial charge in [-0.1, -0.05) is 20.8 Å². The summed E-state index contributed by atoms with van der Waals surface area (Å²) < 4.78 is 1.16. The number of nitrogens with one attached hydrogen (secondary N) is 1. The maximum absolute atomic E-state index is 4.77. The summed E-state index contributed by atoms with van der Waals surface area (Å²) in [4.78, 5) is 9.47. The van der Waals surface area contributed by atoms with Gasteiger partial charge in [-0.2, -0.15) is 11.3 Å². The monoisotopic (exact) mass is 401 g/mol. The van der Waals surface area contributed by atoms with E-state index in [-0.39, 0.29) is 0 Å². The zero-order valence-electron chi connectivity index (χ0n) is 12.1. The summed E-state index contributed by atoms with van der Waals surface area (Å²) >= 11 is 4.04. The Labute approximate surface area is 138 Å². The van der Waals surface area contributed by atoms with Crippen LogP contribution >= 0.6 is 33.9 Å². The molecule has 0 aromatic carbocycles. The van der Waals surface area contributed by atoms with Crippen LogP contribution in [0.25, 0.3) is 11.4 Å². The third-order valence-electron chi connectivity index (χ3n) is 2.84. The van der Waals surface area contributed by atoms with E-state index in [9.17, 15) is 0 Å².